The lowest BCUT2D eigenvalue weighted by molar-refractivity contribution is -0.130. The Hall–Kier alpha value is -2.06. The number of benzene rings is 1. The van der Waals surface area contributed by atoms with Crippen LogP contribution in [0.25, 0.3) is 6.08 Å². The van der Waals surface area contributed by atoms with Gasteiger partial charge in [-0.2, -0.15) is 0 Å². The average molecular weight is 352 g/mol. The molecule has 8 heteroatoms. The van der Waals surface area contributed by atoms with E-state index in [1.807, 2.05) is 0 Å². The van der Waals surface area contributed by atoms with Gasteiger partial charge in [-0.25, -0.2) is 0 Å². The average Bonchev–Trinajstić information content (AvgIpc) is 2.82. The van der Waals surface area contributed by atoms with Crippen molar-refractivity contribution >= 4 is 46.2 Å². The molecule has 1 heterocycles. The number of hydrogen-bond acceptors (Lipinski definition) is 6. The van der Waals surface area contributed by atoms with Crippen LogP contribution in [-0.4, -0.2) is 48.8 Å². The number of methoxy groups -OCH3 is 1. The summed E-state index contributed by atoms with van der Waals surface area (Å²) in [7, 11) is 4.83. The molecule has 6 nitrogen and oxygen atoms in total. The van der Waals surface area contributed by atoms with Crippen molar-refractivity contribution in [3.8, 4) is 11.5 Å². The van der Waals surface area contributed by atoms with Gasteiger partial charge in [-0.15, -0.1) is 0 Å². The van der Waals surface area contributed by atoms with Crippen molar-refractivity contribution in [3.63, 3.8) is 0 Å². The number of thiocarbonyl (C=S) groups is 1. The molecule has 0 saturated carbocycles. The molecule has 1 aliphatic heterocycles. The second-order valence-corrected chi connectivity index (χ2v) is 6.56. The van der Waals surface area contributed by atoms with Gasteiger partial charge in [0, 0.05) is 14.1 Å². The van der Waals surface area contributed by atoms with E-state index in [2.05, 4.69) is 5.32 Å². The summed E-state index contributed by atoms with van der Waals surface area (Å²) in [5.41, 5.74) is 0.774. The Balaban J connectivity index is 2.16. The lowest BCUT2D eigenvalue weighted by Gasteiger charge is -2.13. The van der Waals surface area contributed by atoms with Gasteiger partial charge < -0.3 is 19.7 Å². The van der Waals surface area contributed by atoms with Gasteiger partial charge in [-0.3, -0.25) is 9.59 Å². The number of ether oxygens (including phenoxy) is 2. The lowest BCUT2D eigenvalue weighted by atomic mass is 10.2. The van der Waals surface area contributed by atoms with Gasteiger partial charge in [-0.05, 0) is 23.8 Å². The van der Waals surface area contributed by atoms with Crippen molar-refractivity contribution in [2.45, 2.75) is 0 Å². The molecule has 0 spiro atoms. The van der Waals surface area contributed by atoms with Crippen LogP contribution in [0.4, 0.5) is 0 Å². The molecule has 23 heavy (non-hydrogen) atoms. The van der Waals surface area contributed by atoms with Crippen LogP contribution >= 0.6 is 24.0 Å². The Kier molecular flexibility index (Phi) is 5.62. The number of nitrogens with one attached hydrogen (secondary N) is 1. The summed E-state index contributed by atoms with van der Waals surface area (Å²) in [5, 5.41) is 2.56. The second-order valence-electron chi connectivity index (χ2n) is 4.84. The van der Waals surface area contributed by atoms with Crippen molar-refractivity contribution in [3.05, 3.63) is 28.7 Å². The highest BCUT2D eigenvalue weighted by atomic mass is 32.2. The van der Waals surface area contributed by atoms with Gasteiger partial charge >= 0.3 is 0 Å². The minimum Gasteiger partial charge on any atom is -0.493 e. The molecule has 1 saturated heterocycles. The van der Waals surface area contributed by atoms with Gasteiger partial charge in [0.25, 0.3) is 11.8 Å². The minimum atomic E-state index is -0.212. The second kappa shape index (κ2) is 7.47. The molecule has 0 aliphatic carbocycles. The third kappa shape index (κ3) is 4.46. The molecule has 1 aromatic carbocycles. The van der Waals surface area contributed by atoms with Gasteiger partial charge in [0.1, 0.15) is 4.32 Å². The highest BCUT2D eigenvalue weighted by molar-refractivity contribution is 8.26. The van der Waals surface area contributed by atoms with Crippen molar-refractivity contribution in [2.24, 2.45) is 0 Å². The first-order chi connectivity index (χ1) is 10.9. The Morgan fingerprint density at radius 1 is 1.39 bits per heavy atom. The molecule has 0 unspecified atom stereocenters. The number of rotatable bonds is 5. The first-order valence-corrected chi connectivity index (χ1v) is 7.89. The van der Waals surface area contributed by atoms with Crippen LogP contribution in [0, 0.1) is 0 Å². The van der Waals surface area contributed by atoms with Crippen LogP contribution in [0.1, 0.15) is 5.56 Å². The first-order valence-electron chi connectivity index (χ1n) is 6.66. The molecule has 1 aromatic rings. The van der Waals surface area contributed by atoms with E-state index in [1.54, 1.807) is 38.4 Å². The SMILES string of the molecule is COc1cc(C=C2SC(=S)NC2=O)ccc1OCC(=O)N(C)C. The van der Waals surface area contributed by atoms with Crippen LogP contribution in [0.5, 0.6) is 11.5 Å². The fraction of sp³-hybridized carbons (Fsp3) is 0.267. The largest absolute Gasteiger partial charge is 0.493 e. The molecule has 1 aliphatic rings. The summed E-state index contributed by atoms with van der Waals surface area (Å²) in [6.45, 7) is -0.0731. The van der Waals surface area contributed by atoms with E-state index < -0.39 is 0 Å². The quantitative estimate of drug-likeness (QED) is 0.642. The Morgan fingerprint density at radius 2 is 2.13 bits per heavy atom. The summed E-state index contributed by atoms with van der Waals surface area (Å²) >= 11 is 6.16. The van der Waals surface area contributed by atoms with Crippen molar-refractivity contribution in [1.82, 2.24) is 10.2 Å². The van der Waals surface area contributed by atoms with Crippen LogP contribution < -0.4 is 14.8 Å². The highest BCUT2D eigenvalue weighted by Crippen LogP contribution is 2.31. The molecule has 2 rings (SSSR count). The zero-order chi connectivity index (χ0) is 17.0. The Bertz CT molecular complexity index is 686. The van der Waals surface area contributed by atoms with Crippen LogP contribution in [0.2, 0.25) is 0 Å². The topological polar surface area (TPSA) is 67.9 Å². The van der Waals surface area contributed by atoms with Crippen LogP contribution in [-0.2, 0) is 9.59 Å². The predicted octanol–water partition coefficient (Wildman–Crippen LogP) is 1.65. The predicted molar refractivity (Wildman–Crippen MR) is 93.5 cm³/mol. The summed E-state index contributed by atoms with van der Waals surface area (Å²) in [6.07, 6.45) is 1.72. The van der Waals surface area contributed by atoms with E-state index >= 15 is 0 Å². The maximum absolute atomic E-state index is 11.7. The van der Waals surface area contributed by atoms with Crippen molar-refractivity contribution < 1.29 is 19.1 Å². The molecular formula is C15H16N2O4S2. The number of thioether (sulfide) groups is 1. The maximum atomic E-state index is 11.7. The third-order valence-corrected chi connectivity index (χ3v) is 4.14. The minimum absolute atomic E-state index is 0.0731. The molecule has 1 N–H and O–H groups in total. The summed E-state index contributed by atoms with van der Waals surface area (Å²) in [6, 6.07) is 5.21. The smallest absolute Gasteiger partial charge is 0.263 e. The lowest BCUT2D eigenvalue weighted by Crippen LogP contribution is -2.27. The number of nitrogens with zero attached hydrogens (tertiary/aromatic N) is 1. The van der Waals surface area contributed by atoms with E-state index in [9.17, 15) is 9.59 Å². The Labute approximate surface area is 143 Å². The molecular weight excluding hydrogens is 336 g/mol. The van der Waals surface area contributed by atoms with E-state index in [-0.39, 0.29) is 18.4 Å². The van der Waals surface area contributed by atoms with Gasteiger partial charge in [-0.1, -0.05) is 30.0 Å². The van der Waals surface area contributed by atoms with Crippen molar-refractivity contribution in [1.29, 1.82) is 0 Å². The van der Waals surface area contributed by atoms with E-state index in [4.69, 9.17) is 21.7 Å². The summed E-state index contributed by atoms with van der Waals surface area (Å²) < 4.78 is 11.2. The molecule has 0 atom stereocenters. The number of amides is 2. The molecule has 122 valence electrons. The summed E-state index contributed by atoms with van der Waals surface area (Å²) in [5.74, 6) is 0.586. The highest BCUT2D eigenvalue weighted by Gasteiger charge is 2.22. The summed E-state index contributed by atoms with van der Waals surface area (Å²) in [4.78, 5) is 25.2. The van der Waals surface area contributed by atoms with E-state index in [0.717, 1.165) is 5.56 Å². The first kappa shape index (κ1) is 17.3. The Morgan fingerprint density at radius 3 is 2.70 bits per heavy atom. The molecule has 0 radical (unpaired) electrons. The molecule has 0 bridgehead atoms. The van der Waals surface area contributed by atoms with Crippen LogP contribution in [0.3, 0.4) is 0 Å². The zero-order valence-corrected chi connectivity index (χ0v) is 14.5. The van der Waals surface area contributed by atoms with E-state index in [0.29, 0.717) is 20.7 Å². The number of carbonyl (C=O) groups excluding carboxylic acids is 2. The van der Waals surface area contributed by atoms with E-state index in [1.165, 1.54) is 23.8 Å². The number of likely N-dealkylation sites (N-methyl/N-ethyl adjacent to an activating group) is 1. The number of hydrogen-bond donors (Lipinski definition) is 1. The standard InChI is InChI=1S/C15H16N2O4S2/c1-17(2)13(18)8-21-10-5-4-9(6-11(10)20-3)7-12-14(19)16-15(22)23-12/h4-7H,8H2,1-3H3,(H,16,19,22). The molecule has 2 amide bonds. The third-order valence-electron chi connectivity index (χ3n) is 2.98. The van der Waals surface area contributed by atoms with Crippen LogP contribution in [0.15, 0.2) is 23.1 Å². The monoisotopic (exact) mass is 352 g/mol. The maximum Gasteiger partial charge on any atom is 0.263 e. The molecule has 1 fully saturated rings. The fourth-order valence-corrected chi connectivity index (χ4v) is 2.78. The normalized spacial score (nSPS) is 15.5. The number of carbonyl (C=O) groups is 2. The van der Waals surface area contributed by atoms with Gasteiger partial charge in [0.05, 0.1) is 12.0 Å². The fourth-order valence-electron chi connectivity index (χ4n) is 1.73. The molecule has 0 aromatic heterocycles. The van der Waals surface area contributed by atoms with Crippen molar-refractivity contribution in [2.75, 3.05) is 27.8 Å². The zero-order valence-electron chi connectivity index (χ0n) is 12.9. The van der Waals surface area contributed by atoms with Gasteiger partial charge in [0.2, 0.25) is 0 Å². The van der Waals surface area contributed by atoms with Gasteiger partial charge in [0.15, 0.2) is 18.1 Å².